The molecule has 0 aromatic carbocycles. The van der Waals surface area contributed by atoms with E-state index in [2.05, 4.69) is 9.26 Å². The minimum Gasteiger partial charge on any atom is -0.387 e. The summed E-state index contributed by atoms with van der Waals surface area (Å²) in [6.07, 6.45) is -17.6. The molecular weight excluding hydrogens is 288 g/mol. The normalized spacial score (nSPS) is 38.8. The van der Waals surface area contributed by atoms with Crippen LogP contribution in [0.3, 0.4) is 0 Å². The van der Waals surface area contributed by atoms with Gasteiger partial charge in [-0.05, 0) is 0 Å². The van der Waals surface area contributed by atoms with Gasteiger partial charge in [0.05, 0.1) is 0 Å². The number of aliphatic hydroxyl groups excluding tert-OH is 3. The molecule has 12 heteroatoms. The summed E-state index contributed by atoms with van der Waals surface area (Å²) >= 11 is 0. The molecule has 0 saturated carbocycles. The van der Waals surface area contributed by atoms with E-state index in [1.165, 1.54) is 0 Å². The van der Waals surface area contributed by atoms with Crippen LogP contribution in [-0.4, -0.2) is 62.0 Å². The van der Waals surface area contributed by atoms with E-state index in [0.717, 1.165) is 0 Å². The van der Waals surface area contributed by atoms with Crippen LogP contribution in [0.1, 0.15) is 0 Å². The lowest BCUT2D eigenvalue weighted by Gasteiger charge is -2.40. The number of hydrogen-bond acceptors (Lipinski definition) is 6. The van der Waals surface area contributed by atoms with Crippen molar-refractivity contribution in [2.45, 2.75) is 36.9 Å². The van der Waals surface area contributed by atoms with E-state index >= 15 is 0 Å². The van der Waals surface area contributed by atoms with E-state index < -0.39 is 44.7 Å². The van der Waals surface area contributed by atoms with Crippen molar-refractivity contribution in [3.63, 3.8) is 0 Å². The van der Waals surface area contributed by atoms with Gasteiger partial charge < -0.3 is 29.8 Å². The number of aliphatic hydroxyl groups is 3. The molecule has 0 spiro atoms. The van der Waals surface area contributed by atoms with Crippen molar-refractivity contribution >= 4 is 7.82 Å². The van der Waals surface area contributed by atoms with E-state index in [1.807, 2.05) is 0 Å². The Hall–Kier alpha value is -0.260. The second-order valence-corrected chi connectivity index (χ2v) is 4.73. The van der Waals surface area contributed by atoms with Gasteiger partial charge in [-0.1, -0.05) is 0 Å². The first-order valence-corrected chi connectivity index (χ1v) is 5.97. The second kappa shape index (κ2) is 5.02. The van der Waals surface area contributed by atoms with Crippen LogP contribution in [0.5, 0.6) is 0 Å². The maximum absolute atomic E-state index is 12.4. The summed E-state index contributed by atoms with van der Waals surface area (Å²) in [5.74, 6) is 0. The minimum atomic E-state index is -5.24. The van der Waals surface area contributed by atoms with Crippen molar-refractivity contribution in [2.75, 3.05) is 0 Å². The third-order valence-electron chi connectivity index (χ3n) is 2.13. The fourth-order valence-electron chi connectivity index (χ4n) is 1.34. The molecule has 1 heterocycles. The predicted molar refractivity (Wildman–Crippen MR) is 45.9 cm³/mol. The molecule has 1 aliphatic heterocycles. The highest BCUT2D eigenvalue weighted by Crippen LogP contribution is 2.42. The van der Waals surface area contributed by atoms with Gasteiger partial charge in [-0.15, -0.1) is 0 Å². The standard InChI is InChI=1S/C6H10F3O8P/c7-6(8,9)4-2(11)1(10)3(12)5(16-4)17-18(13,14)15/h1-5,10-12H,(H2,13,14,15)/t1?,2-,3?,4?,5+/m0/s1. The van der Waals surface area contributed by atoms with Gasteiger partial charge in [0.2, 0.25) is 0 Å². The molecule has 0 bridgehead atoms. The van der Waals surface area contributed by atoms with Gasteiger partial charge in [-0.3, -0.25) is 4.52 Å². The van der Waals surface area contributed by atoms with Crippen LogP contribution in [0.15, 0.2) is 0 Å². The lowest BCUT2D eigenvalue weighted by molar-refractivity contribution is -0.341. The average Bonchev–Trinajstić information content (AvgIpc) is 2.15. The molecule has 0 aromatic heterocycles. The zero-order valence-electron chi connectivity index (χ0n) is 8.43. The highest BCUT2D eigenvalue weighted by molar-refractivity contribution is 7.46. The first-order valence-electron chi connectivity index (χ1n) is 4.44. The highest BCUT2D eigenvalue weighted by atomic mass is 31.2. The Morgan fingerprint density at radius 2 is 1.56 bits per heavy atom. The Morgan fingerprint density at radius 3 is 1.94 bits per heavy atom. The Balaban J connectivity index is 2.91. The van der Waals surface area contributed by atoms with Crippen LogP contribution in [0, 0.1) is 0 Å². The van der Waals surface area contributed by atoms with Crippen LogP contribution in [0.25, 0.3) is 0 Å². The van der Waals surface area contributed by atoms with Crippen LogP contribution < -0.4 is 0 Å². The predicted octanol–water partition coefficient (Wildman–Crippen LogP) is -1.53. The van der Waals surface area contributed by atoms with E-state index in [9.17, 15) is 22.8 Å². The molecule has 18 heavy (non-hydrogen) atoms. The van der Waals surface area contributed by atoms with E-state index in [1.54, 1.807) is 0 Å². The largest absolute Gasteiger partial charge is 0.472 e. The molecule has 108 valence electrons. The van der Waals surface area contributed by atoms with Crippen molar-refractivity contribution in [2.24, 2.45) is 0 Å². The Morgan fingerprint density at radius 1 is 1.06 bits per heavy atom. The molecule has 1 saturated heterocycles. The molecule has 0 radical (unpaired) electrons. The molecule has 3 unspecified atom stereocenters. The zero-order valence-corrected chi connectivity index (χ0v) is 9.32. The third kappa shape index (κ3) is 3.62. The highest BCUT2D eigenvalue weighted by Gasteiger charge is 2.56. The molecule has 0 amide bonds. The van der Waals surface area contributed by atoms with Gasteiger partial charge in [0.25, 0.3) is 0 Å². The Kier molecular flexibility index (Phi) is 4.41. The number of phosphoric acid groups is 1. The average molecular weight is 298 g/mol. The maximum Gasteiger partial charge on any atom is 0.472 e. The van der Waals surface area contributed by atoms with Crippen LogP contribution in [-0.2, 0) is 13.8 Å². The number of ether oxygens (including phenoxy) is 1. The SMILES string of the molecule is O=P(O)(O)O[C@H]1OC(C(F)(F)F)[C@@H](O)C(O)C1O. The molecule has 5 N–H and O–H groups in total. The summed E-state index contributed by atoms with van der Waals surface area (Å²) in [5, 5.41) is 27.4. The maximum atomic E-state index is 12.4. The topological polar surface area (TPSA) is 137 Å². The van der Waals surface area contributed by atoms with Crippen molar-refractivity contribution in [3.05, 3.63) is 0 Å². The van der Waals surface area contributed by atoms with Crippen molar-refractivity contribution in [1.29, 1.82) is 0 Å². The third-order valence-corrected chi connectivity index (χ3v) is 2.62. The Bertz CT molecular complexity index is 342. The summed E-state index contributed by atoms with van der Waals surface area (Å²) in [6.45, 7) is 0. The number of hydrogen-bond donors (Lipinski definition) is 5. The van der Waals surface area contributed by atoms with Gasteiger partial charge in [-0.2, -0.15) is 13.2 Å². The fourth-order valence-corrected chi connectivity index (χ4v) is 1.79. The van der Waals surface area contributed by atoms with Crippen LogP contribution in [0.4, 0.5) is 13.2 Å². The zero-order chi connectivity index (χ0) is 14.3. The van der Waals surface area contributed by atoms with Gasteiger partial charge in [0, 0.05) is 0 Å². The first-order chi connectivity index (χ1) is 7.93. The number of phosphoric ester groups is 1. The van der Waals surface area contributed by atoms with E-state index in [0.29, 0.717) is 0 Å². The number of alkyl halides is 3. The lowest BCUT2D eigenvalue weighted by Crippen LogP contribution is -2.61. The molecule has 0 aromatic rings. The molecule has 5 atom stereocenters. The minimum absolute atomic E-state index is 2.24. The smallest absolute Gasteiger partial charge is 0.387 e. The van der Waals surface area contributed by atoms with Gasteiger partial charge in [0.1, 0.15) is 18.3 Å². The van der Waals surface area contributed by atoms with Crippen molar-refractivity contribution in [1.82, 2.24) is 0 Å². The molecule has 8 nitrogen and oxygen atoms in total. The van der Waals surface area contributed by atoms with Gasteiger partial charge >= 0.3 is 14.0 Å². The fraction of sp³-hybridized carbons (Fsp3) is 1.00. The van der Waals surface area contributed by atoms with Crippen LogP contribution >= 0.6 is 7.82 Å². The summed E-state index contributed by atoms with van der Waals surface area (Å²) in [6, 6.07) is 0. The second-order valence-electron chi connectivity index (χ2n) is 3.53. The molecule has 1 aliphatic rings. The summed E-state index contributed by atoms with van der Waals surface area (Å²) < 4.78 is 55.3. The van der Waals surface area contributed by atoms with Crippen LogP contribution in [0.2, 0.25) is 0 Å². The van der Waals surface area contributed by atoms with E-state index in [4.69, 9.17) is 20.0 Å². The summed E-state index contributed by atoms with van der Waals surface area (Å²) in [4.78, 5) is 16.8. The molecule has 1 fully saturated rings. The summed E-state index contributed by atoms with van der Waals surface area (Å²) in [5.41, 5.74) is 0. The monoisotopic (exact) mass is 298 g/mol. The quantitative estimate of drug-likeness (QED) is 0.387. The summed E-state index contributed by atoms with van der Waals surface area (Å²) in [7, 11) is -5.24. The van der Waals surface area contributed by atoms with Crippen molar-refractivity contribution in [3.8, 4) is 0 Å². The van der Waals surface area contributed by atoms with Gasteiger partial charge in [0.15, 0.2) is 12.4 Å². The Labute approximate surface area is 97.8 Å². The lowest BCUT2D eigenvalue weighted by atomic mass is 9.99. The number of halogens is 3. The van der Waals surface area contributed by atoms with Gasteiger partial charge in [-0.25, -0.2) is 4.57 Å². The van der Waals surface area contributed by atoms with Crippen molar-refractivity contribution < 1.29 is 52.1 Å². The number of rotatable bonds is 2. The molecule has 0 aliphatic carbocycles. The molecular formula is C6H10F3O8P. The first kappa shape index (κ1) is 15.8. The molecule has 1 rings (SSSR count). The van der Waals surface area contributed by atoms with E-state index in [-0.39, 0.29) is 0 Å².